The first-order valence-electron chi connectivity index (χ1n) is 6.23. The van der Waals surface area contributed by atoms with Crippen LogP contribution in [0.25, 0.3) is 5.69 Å². The van der Waals surface area contributed by atoms with Crippen molar-refractivity contribution in [1.82, 2.24) is 9.78 Å². The molecule has 0 aliphatic heterocycles. The van der Waals surface area contributed by atoms with E-state index in [9.17, 15) is 24.2 Å². The van der Waals surface area contributed by atoms with Gasteiger partial charge in [0.05, 0.1) is 26.7 Å². The van der Waals surface area contributed by atoms with Crippen LogP contribution in [0.3, 0.4) is 0 Å². The number of halogens is 7. The zero-order chi connectivity index (χ0) is 19.4. The van der Waals surface area contributed by atoms with Gasteiger partial charge in [0.2, 0.25) is 0 Å². The van der Waals surface area contributed by atoms with E-state index < -0.39 is 42.2 Å². The number of anilines is 1. The van der Waals surface area contributed by atoms with Crippen molar-refractivity contribution in [1.29, 1.82) is 0 Å². The second-order valence-corrected chi connectivity index (χ2v) is 8.94. The molecule has 0 aliphatic rings. The van der Waals surface area contributed by atoms with E-state index in [4.69, 9.17) is 28.9 Å². The minimum absolute atomic E-state index is 0.0223. The molecular weight excluding hydrogens is 432 g/mol. The minimum atomic E-state index is -10.2. The molecule has 2 N–H and O–H groups in total. The van der Waals surface area contributed by atoms with Gasteiger partial charge in [-0.3, -0.25) is 4.79 Å². The molecule has 0 unspecified atom stereocenters. The number of hydrogen-bond donors (Lipinski definition) is 1. The minimum Gasteiger partial charge on any atom is -0.383 e. The molecule has 1 heterocycles. The van der Waals surface area contributed by atoms with E-state index in [1.54, 1.807) is 6.26 Å². The van der Waals surface area contributed by atoms with Gasteiger partial charge < -0.3 is 5.73 Å². The van der Waals surface area contributed by atoms with Crippen LogP contribution in [0.5, 0.6) is 0 Å². The van der Waals surface area contributed by atoms with Crippen molar-refractivity contribution in [3.63, 3.8) is 0 Å². The van der Waals surface area contributed by atoms with Gasteiger partial charge in [-0.2, -0.15) is 5.10 Å². The normalized spacial score (nSPS) is 14.9. The molecule has 0 radical (unpaired) electrons. The van der Waals surface area contributed by atoms with Gasteiger partial charge in [0.25, 0.3) is 0 Å². The molecule has 0 aliphatic carbocycles. The number of nitrogens with zero attached hydrogens (tertiary/aromatic N) is 2. The van der Waals surface area contributed by atoms with Gasteiger partial charge in [0, 0.05) is 0 Å². The summed E-state index contributed by atoms with van der Waals surface area (Å²) < 4.78 is 67.3. The standard InChI is InChI=1S/C12H10Cl2F5N3OS2/c1-5(23)9-8(25(15,16,17,18)19)3-6(13)11(10(9)14)22-12(20)7(24-2)4-21-22/h3-4H,20H2,1-2H3. The Morgan fingerprint density at radius 1 is 1.28 bits per heavy atom. The number of thioether (sulfide) groups is 1. The summed E-state index contributed by atoms with van der Waals surface area (Å²) >= 11 is 12.8. The lowest BCUT2D eigenvalue weighted by Crippen LogP contribution is -2.15. The van der Waals surface area contributed by atoms with Crippen molar-refractivity contribution in [3.8, 4) is 5.69 Å². The number of nitrogens with two attached hydrogens (primary N) is 1. The Balaban J connectivity index is 2.95. The van der Waals surface area contributed by atoms with Crippen molar-refractivity contribution in [3.05, 3.63) is 27.9 Å². The highest BCUT2D eigenvalue weighted by Crippen LogP contribution is 3.02. The second kappa shape index (κ2) is 5.41. The number of carbonyl (C=O) groups excluding carboxylic acids is 1. The van der Waals surface area contributed by atoms with E-state index in [2.05, 4.69) is 5.10 Å². The van der Waals surface area contributed by atoms with Crippen LogP contribution in [0.4, 0.5) is 25.2 Å². The molecule has 0 spiro atoms. The van der Waals surface area contributed by atoms with Crippen molar-refractivity contribution < 1.29 is 24.2 Å². The fourth-order valence-electron chi connectivity index (χ4n) is 2.09. The SMILES string of the molecule is CSc1cnn(-c2c(Cl)cc(S(F)(F)(F)(F)F)c(C(C)=O)c2Cl)c1N. The molecule has 2 rings (SSSR count). The number of nitrogen functional groups attached to an aromatic ring is 1. The topological polar surface area (TPSA) is 60.9 Å². The quantitative estimate of drug-likeness (QED) is 0.341. The van der Waals surface area contributed by atoms with Gasteiger partial charge >= 0.3 is 10.2 Å². The van der Waals surface area contributed by atoms with Crippen LogP contribution in [0.1, 0.15) is 17.3 Å². The number of aromatic nitrogens is 2. The summed E-state index contributed by atoms with van der Waals surface area (Å²) in [7, 11) is -10.2. The van der Waals surface area contributed by atoms with E-state index in [0.29, 0.717) is 11.8 Å². The predicted molar refractivity (Wildman–Crippen MR) is 91.2 cm³/mol. The zero-order valence-electron chi connectivity index (χ0n) is 12.5. The molecule has 0 amide bonds. The number of carbonyl (C=O) groups is 1. The molecule has 140 valence electrons. The van der Waals surface area contributed by atoms with E-state index in [1.165, 1.54) is 18.0 Å². The largest absolute Gasteiger partial charge is 0.383 e. The lowest BCUT2D eigenvalue weighted by molar-refractivity contribution is 0.101. The Kier molecular flexibility index (Phi) is 4.36. The Hall–Kier alpha value is -1.17. The molecule has 2 aromatic rings. The average Bonchev–Trinajstić information content (AvgIpc) is 2.76. The summed E-state index contributed by atoms with van der Waals surface area (Å²) in [5.41, 5.74) is 4.02. The van der Waals surface area contributed by atoms with Gasteiger partial charge in [-0.05, 0) is 19.2 Å². The third kappa shape index (κ3) is 3.69. The smallest absolute Gasteiger partial charge is 0.311 e. The van der Waals surface area contributed by atoms with Crippen molar-refractivity contribution in [2.24, 2.45) is 0 Å². The highest BCUT2D eigenvalue weighted by Gasteiger charge is 2.67. The first-order valence-corrected chi connectivity index (χ1v) is 10.2. The van der Waals surface area contributed by atoms with E-state index in [-0.39, 0.29) is 11.9 Å². The highest BCUT2D eigenvalue weighted by atomic mass is 35.5. The first-order chi connectivity index (χ1) is 11.1. The van der Waals surface area contributed by atoms with Crippen LogP contribution >= 0.6 is 45.2 Å². The van der Waals surface area contributed by atoms with Gasteiger partial charge in [-0.25, -0.2) is 4.68 Å². The molecule has 0 bridgehead atoms. The van der Waals surface area contributed by atoms with Gasteiger partial charge in [0.1, 0.15) is 16.4 Å². The van der Waals surface area contributed by atoms with Crippen LogP contribution in [-0.4, -0.2) is 21.8 Å². The van der Waals surface area contributed by atoms with Crippen molar-refractivity contribution in [2.45, 2.75) is 16.7 Å². The van der Waals surface area contributed by atoms with Crippen LogP contribution in [0.15, 0.2) is 22.1 Å². The van der Waals surface area contributed by atoms with Crippen LogP contribution in [0, 0.1) is 0 Å². The summed E-state index contributed by atoms with van der Waals surface area (Å²) in [5, 5.41) is 2.15. The first kappa shape index (κ1) is 20.1. The van der Waals surface area contributed by atoms with Crippen LogP contribution in [0.2, 0.25) is 10.0 Å². The third-order valence-corrected chi connectivity index (χ3v) is 5.69. The zero-order valence-corrected chi connectivity index (χ0v) is 15.6. The van der Waals surface area contributed by atoms with Gasteiger partial charge in [-0.15, -0.1) is 11.8 Å². The fourth-order valence-corrected chi connectivity index (χ4v) is 4.38. The summed E-state index contributed by atoms with van der Waals surface area (Å²) in [6.07, 6.45) is 2.96. The molecular formula is C12H10Cl2F5N3OS2. The molecule has 0 fully saturated rings. The average molecular weight is 442 g/mol. The molecule has 4 nitrogen and oxygen atoms in total. The summed E-state index contributed by atoms with van der Waals surface area (Å²) in [4.78, 5) is 9.66. The molecule has 0 saturated heterocycles. The maximum Gasteiger partial charge on any atom is 0.311 e. The summed E-state index contributed by atoms with van der Waals surface area (Å²) in [6.45, 7) is 0.686. The Bertz CT molecular complexity index is 899. The molecule has 1 aromatic carbocycles. The van der Waals surface area contributed by atoms with Crippen molar-refractivity contribution >= 4 is 56.8 Å². The number of ketones is 1. The molecule has 0 saturated carbocycles. The Morgan fingerprint density at radius 3 is 2.24 bits per heavy atom. The predicted octanol–water partition coefficient (Wildman–Crippen LogP) is 6.34. The third-order valence-electron chi connectivity index (χ3n) is 3.13. The highest BCUT2D eigenvalue weighted by molar-refractivity contribution is 8.45. The number of rotatable bonds is 4. The van der Waals surface area contributed by atoms with Gasteiger partial charge in [-0.1, -0.05) is 42.6 Å². The van der Waals surface area contributed by atoms with Crippen molar-refractivity contribution in [2.75, 3.05) is 12.0 Å². The fraction of sp³-hybridized carbons (Fsp3) is 0.167. The van der Waals surface area contributed by atoms with E-state index in [0.717, 1.165) is 4.68 Å². The second-order valence-electron chi connectivity index (χ2n) is 4.93. The monoisotopic (exact) mass is 441 g/mol. The molecule has 13 heteroatoms. The molecule has 25 heavy (non-hydrogen) atoms. The Labute approximate surface area is 153 Å². The maximum absolute atomic E-state index is 13.3. The lowest BCUT2D eigenvalue weighted by Gasteiger charge is -2.42. The van der Waals surface area contributed by atoms with Gasteiger partial charge in [0.15, 0.2) is 5.78 Å². The maximum atomic E-state index is 13.3. The molecule has 1 aromatic heterocycles. The number of Topliss-reactive ketones (excluding diaryl/α,β-unsaturated/α-hetero) is 1. The van der Waals surface area contributed by atoms with E-state index >= 15 is 0 Å². The number of hydrogen-bond acceptors (Lipinski definition) is 4. The molecule has 0 atom stereocenters. The van der Waals surface area contributed by atoms with Crippen LogP contribution in [-0.2, 0) is 0 Å². The summed E-state index contributed by atoms with van der Waals surface area (Å²) in [6, 6.07) is -0.0268. The number of benzene rings is 1. The summed E-state index contributed by atoms with van der Waals surface area (Å²) in [5.74, 6) is -1.33. The lowest BCUT2D eigenvalue weighted by atomic mass is 10.1. The van der Waals surface area contributed by atoms with E-state index in [1.807, 2.05) is 0 Å². The van der Waals surface area contributed by atoms with Crippen LogP contribution < -0.4 is 5.73 Å². The Morgan fingerprint density at radius 2 is 1.84 bits per heavy atom.